The first kappa shape index (κ1) is 16.4. The molecular formula is C19H31NO. The third kappa shape index (κ3) is 4.23. The van der Waals surface area contributed by atoms with Crippen LogP contribution in [0, 0.1) is 5.41 Å². The molecule has 1 aliphatic carbocycles. The van der Waals surface area contributed by atoms with E-state index in [0.717, 1.165) is 31.4 Å². The Morgan fingerprint density at radius 3 is 2.24 bits per heavy atom. The minimum Gasteiger partial charge on any atom is -0.496 e. The van der Waals surface area contributed by atoms with Crippen molar-refractivity contribution in [2.45, 2.75) is 71.3 Å². The van der Waals surface area contributed by atoms with Crippen molar-refractivity contribution in [3.63, 3.8) is 0 Å². The van der Waals surface area contributed by atoms with Crippen LogP contribution in [0.15, 0.2) is 18.2 Å². The smallest absolute Gasteiger partial charge is 0.122 e. The van der Waals surface area contributed by atoms with Gasteiger partial charge in [0.15, 0.2) is 0 Å². The second kappa shape index (κ2) is 5.31. The average molecular weight is 289 g/mol. The molecule has 1 saturated carbocycles. The van der Waals surface area contributed by atoms with Gasteiger partial charge in [-0.15, -0.1) is 0 Å². The molecule has 1 aliphatic rings. The predicted octanol–water partition coefficient (Wildman–Crippen LogP) is 4.44. The number of ether oxygens (including phenoxy) is 1. The van der Waals surface area contributed by atoms with Gasteiger partial charge in [-0.1, -0.05) is 46.8 Å². The zero-order valence-electron chi connectivity index (χ0n) is 14.5. The quantitative estimate of drug-likeness (QED) is 0.869. The number of hydrogen-bond donors (Lipinski definition) is 1. The van der Waals surface area contributed by atoms with Crippen molar-refractivity contribution in [3.8, 4) is 5.75 Å². The maximum absolute atomic E-state index is 6.31. The van der Waals surface area contributed by atoms with Gasteiger partial charge >= 0.3 is 0 Å². The summed E-state index contributed by atoms with van der Waals surface area (Å²) >= 11 is 0. The normalized spacial score (nSPS) is 17.7. The summed E-state index contributed by atoms with van der Waals surface area (Å²) in [5.41, 5.74) is 9.44. The first-order chi connectivity index (χ1) is 9.55. The lowest BCUT2D eigenvalue weighted by atomic mass is 9.72. The summed E-state index contributed by atoms with van der Waals surface area (Å²) in [5, 5.41) is 0. The second-order valence-corrected chi connectivity index (χ2v) is 8.69. The Bertz CT molecular complexity index is 507. The van der Waals surface area contributed by atoms with E-state index in [9.17, 15) is 0 Å². The first-order valence-electron chi connectivity index (χ1n) is 8.01. The van der Waals surface area contributed by atoms with E-state index in [0.29, 0.717) is 5.41 Å². The number of rotatable bonds is 5. The number of methoxy groups -OCH3 is 1. The van der Waals surface area contributed by atoms with Gasteiger partial charge in [-0.25, -0.2) is 0 Å². The Morgan fingerprint density at radius 1 is 1.14 bits per heavy atom. The number of nitrogens with two attached hydrogens (primary N) is 1. The van der Waals surface area contributed by atoms with Crippen molar-refractivity contribution in [2.24, 2.45) is 11.1 Å². The van der Waals surface area contributed by atoms with Crippen LogP contribution >= 0.6 is 0 Å². The van der Waals surface area contributed by atoms with Crippen LogP contribution in [0.2, 0.25) is 0 Å². The zero-order valence-corrected chi connectivity index (χ0v) is 14.5. The van der Waals surface area contributed by atoms with Crippen LogP contribution in [0.1, 0.15) is 65.0 Å². The monoisotopic (exact) mass is 289 g/mol. The van der Waals surface area contributed by atoms with Crippen molar-refractivity contribution in [2.75, 3.05) is 7.11 Å². The third-order valence-corrected chi connectivity index (χ3v) is 4.47. The van der Waals surface area contributed by atoms with E-state index in [-0.39, 0.29) is 11.0 Å². The van der Waals surface area contributed by atoms with Gasteiger partial charge < -0.3 is 10.5 Å². The molecule has 0 heterocycles. The van der Waals surface area contributed by atoms with Gasteiger partial charge in [0.1, 0.15) is 5.75 Å². The van der Waals surface area contributed by atoms with Crippen LogP contribution in [0.5, 0.6) is 5.75 Å². The molecule has 1 aromatic rings. The molecule has 0 radical (unpaired) electrons. The van der Waals surface area contributed by atoms with Crippen LogP contribution in [0.4, 0.5) is 0 Å². The van der Waals surface area contributed by atoms with Gasteiger partial charge in [0.2, 0.25) is 0 Å². The molecule has 0 unspecified atom stereocenters. The van der Waals surface area contributed by atoms with Crippen molar-refractivity contribution < 1.29 is 4.74 Å². The van der Waals surface area contributed by atoms with E-state index in [2.05, 4.69) is 52.8 Å². The van der Waals surface area contributed by atoms with E-state index in [1.165, 1.54) is 11.1 Å². The summed E-state index contributed by atoms with van der Waals surface area (Å²) in [6.45, 7) is 11.6. The molecule has 1 fully saturated rings. The Hall–Kier alpha value is -1.02. The fraction of sp³-hybridized carbons (Fsp3) is 0.684. The van der Waals surface area contributed by atoms with Crippen molar-refractivity contribution >= 4 is 0 Å². The molecule has 0 saturated heterocycles. The summed E-state index contributed by atoms with van der Waals surface area (Å²) < 4.78 is 5.53. The Morgan fingerprint density at radius 2 is 1.76 bits per heavy atom. The van der Waals surface area contributed by atoms with Crippen molar-refractivity contribution in [1.29, 1.82) is 0 Å². The van der Waals surface area contributed by atoms with E-state index < -0.39 is 0 Å². The minimum atomic E-state index is 0.0140. The minimum absolute atomic E-state index is 0.0140. The fourth-order valence-electron chi connectivity index (χ4n) is 3.48. The van der Waals surface area contributed by atoms with E-state index in [4.69, 9.17) is 10.5 Å². The second-order valence-electron chi connectivity index (χ2n) is 8.69. The molecule has 0 bridgehead atoms. The molecule has 2 nitrogen and oxygen atoms in total. The molecule has 0 aromatic heterocycles. The highest BCUT2D eigenvalue weighted by molar-refractivity contribution is 5.41. The fourth-order valence-corrected chi connectivity index (χ4v) is 3.48. The lowest BCUT2D eigenvalue weighted by Gasteiger charge is -2.33. The molecule has 118 valence electrons. The van der Waals surface area contributed by atoms with Crippen LogP contribution in [-0.2, 0) is 11.8 Å². The average Bonchev–Trinajstić information content (AvgIpc) is 3.03. The molecule has 0 spiro atoms. The lowest BCUT2D eigenvalue weighted by Crippen LogP contribution is -2.27. The third-order valence-electron chi connectivity index (χ3n) is 4.47. The summed E-state index contributed by atoms with van der Waals surface area (Å²) in [6, 6.07) is 6.64. The molecule has 2 rings (SSSR count). The SMILES string of the molecule is COc1ccc(C(C)(C)CC(C)(C)C)cc1CC1(N)CC1. The summed E-state index contributed by atoms with van der Waals surface area (Å²) in [6.07, 6.45) is 4.34. The van der Waals surface area contributed by atoms with Crippen LogP contribution in [0.25, 0.3) is 0 Å². The molecular weight excluding hydrogens is 258 g/mol. The number of hydrogen-bond acceptors (Lipinski definition) is 2. The Balaban J connectivity index is 2.30. The van der Waals surface area contributed by atoms with Crippen LogP contribution in [0.3, 0.4) is 0 Å². The predicted molar refractivity (Wildman–Crippen MR) is 89.9 cm³/mol. The van der Waals surface area contributed by atoms with E-state index >= 15 is 0 Å². The lowest BCUT2D eigenvalue weighted by molar-refractivity contribution is 0.283. The maximum Gasteiger partial charge on any atom is 0.122 e. The highest BCUT2D eigenvalue weighted by Crippen LogP contribution is 2.41. The van der Waals surface area contributed by atoms with Gasteiger partial charge in [-0.3, -0.25) is 0 Å². The highest BCUT2D eigenvalue weighted by atomic mass is 16.5. The maximum atomic E-state index is 6.31. The molecule has 0 atom stereocenters. The largest absolute Gasteiger partial charge is 0.496 e. The molecule has 0 amide bonds. The Kier molecular flexibility index (Phi) is 4.14. The molecule has 1 aromatic carbocycles. The highest BCUT2D eigenvalue weighted by Gasteiger charge is 2.39. The first-order valence-corrected chi connectivity index (χ1v) is 8.01. The molecule has 2 N–H and O–H groups in total. The van der Waals surface area contributed by atoms with Gasteiger partial charge in [-0.2, -0.15) is 0 Å². The summed E-state index contributed by atoms with van der Waals surface area (Å²) in [7, 11) is 1.74. The van der Waals surface area contributed by atoms with Crippen molar-refractivity contribution in [3.05, 3.63) is 29.3 Å². The van der Waals surface area contributed by atoms with Gasteiger partial charge in [0.05, 0.1) is 7.11 Å². The summed E-state index contributed by atoms with van der Waals surface area (Å²) in [4.78, 5) is 0. The summed E-state index contributed by atoms with van der Waals surface area (Å²) in [5.74, 6) is 0.974. The van der Waals surface area contributed by atoms with Gasteiger partial charge in [0, 0.05) is 5.54 Å². The molecule has 2 heteroatoms. The van der Waals surface area contributed by atoms with Crippen molar-refractivity contribution in [1.82, 2.24) is 0 Å². The van der Waals surface area contributed by atoms with E-state index in [1.54, 1.807) is 7.11 Å². The Labute approximate surface area is 130 Å². The number of benzene rings is 1. The van der Waals surface area contributed by atoms with Crippen LogP contribution in [-0.4, -0.2) is 12.6 Å². The van der Waals surface area contributed by atoms with Crippen LogP contribution < -0.4 is 10.5 Å². The molecule has 21 heavy (non-hydrogen) atoms. The van der Waals surface area contributed by atoms with E-state index in [1.807, 2.05) is 0 Å². The standard InChI is InChI=1S/C19H31NO/c1-17(2,3)13-18(4,5)15-7-8-16(21-6)14(11-15)12-19(20)9-10-19/h7-8,11H,9-10,12-13,20H2,1-6H3. The topological polar surface area (TPSA) is 35.2 Å². The molecule has 0 aliphatic heterocycles. The van der Waals surface area contributed by atoms with Gasteiger partial charge in [0.25, 0.3) is 0 Å². The zero-order chi connectivity index (χ0) is 15.9. The van der Waals surface area contributed by atoms with Gasteiger partial charge in [-0.05, 0) is 53.7 Å².